The zero-order chi connectivity index (χ0) is 20.8. The Bertz CT molecular complexity index is 853. The SMILES string of the molecule is COc1cccc(OC)c1C(=O)N1CCN(C(=O)COc2cccc(C)c2)CC1. The zero-order valence-electron chi connectivity index (χ0n) is 17.0. The molecule has 0 aromatic heterocycles. The van der Waals surface area contributed by atoms with Crippen molar-refractivity contribution in [3.63, 3.8) is 0 Å². The lowest BCUT2D eigenvalue weighted by molar-refractivity contribution is -0.134. The largest absolute Gasteiger partial charge is 0.496 e. The van der Waals surface area contributed by atoms with E-state index in [1.165, 1.54) is 14.2 Å². The molecule has 1 fully saturated rings. The van der Waals surface area contributed by atoms with E-state index >= 15 is 0 Å². The van der Waals surface area contributed by atoms with E-state index in [1.54, 1.807) is 28.0 Å². The van der Waals surface area contributed by atoms with Crippen molar-refractivity contribution in [2.45, 2.75) is 6.92 Å². The third-order valence-electron chi connectivity index (χ3n) is 4.91. The number of carbonyl (C=O) groups excluding carboxylic acids is 2. The molecule has 0 unspecified atom stereocenters. The maximum atomic E-state index is 13.0. The highest BCUT2D eigenvalue weighted by Crippen LogP contribution is 2.29. The van der Waals surface area contributed by atoms with Gasteiger partial charge in [-0.3, -0.25) is 9.59 Å². The molecule has 3 rings (SSSR count). The van der Waals surface area contributed by atoms with Crippen LogP contribution >= 0.6 is 0 Å². The number of hydrogen-bond acceptors (Lipinski definition) is 5. The molecule has 2 amide bonds. The Kier molecular flexibility index (Phi) is 6.59. The fourth-order valence-electron chi connectivity index (χ4n) is 3.32. The summed E-state index contributed by atoms with van der Waals surface area (Å²) >= 11 is 0. The highest BCUT2D eigenvalue weighted by Gasteiger charge is 2.28. The molecule has 0 radical (unpaired) electrons. The average molecular weight is 398 g/mol. The second kappa shape index (κ2) is 9.32. The van der Waals surface area contributed by atoms with Gasteiger partial charge in [0.2, 0.25) is 0 Å². The first-order valence-corrected chi connectivity index (χ1v) is 9.51. The fraction of sp³-hybridized carbons (Fsp3) is 0.364. The van der Waals surface area contributed by atoms with E-state index < -0.39 is 0 Å². The third kappa shape index (κ3) is 4.80. The van der Waals surface area contributed by atoms with E-state index in [0.717, 1.165) is 5.56 Å². The molecule has 1 heterocycles. The minimum atomic E-state index is -0.164. The summed E-state index contributed by atoms with van der Waals surface area (Å²) in [4.78, 5) is 28.9. The Morgan fingerprint density at radius 1 is 0.897 bits per heavy atom. The van der Waals surface area contributed by atoms with Crippen LogP contribution in [0.2, 0.25) is 0 Å². The molecule has 1 saturated heterocycles. The predicted molar refractivity (Wildman–Crippen MR) is 109 cm³/mol. The lowest BCUT2D eigenvalue weighted by Gasteiger charge is -2.35. The number of rotatable bonds is 6. The predicted octanol–water partition coefficient (Wildman–Crippen LogP) is 2.38. The van der Waals surface area contributed by atoms with Crippen LogP contribution in [0.1, 0.15) is 15.9 Å². The molecule has 0 N–H and O–H groups in total. The highest BCUT2D eigenvalue weighted by atomic mass is 16.5. The minimum Gasteiger partial charge on any atom is -0.496 e. The molecular weight excluding hydrogens is 372 g/mol. The Balaban J connectivity index is 1.57. The summed E-state index contributed by atoms with van der Waals surface area (Å²) in [6, 6.07) is 12.8. The van der Waals surface area contributed by atoms with Gasteiger partial charge < -0.3 is 24.0 Å². The Labute approximate surface area is 170 Å². The Hall–Kier alpha value is -3.22. The van der Waals surface area contributed by atoms with Crippen LogP contribution in [0, 0.1) is 6.92 Å². The maximum Gasteiger partial charge on any atom is 0.261 e. The first kappa shape index (κ1) is 20.5. The van der Waals surface area contributed by atoms with Crippen LogP contribution in [0.5, 0.6) is 17.2 Å². The molecule has 154 valence electrons. The monoisotopic (exact) mass is 398 g/mol. The smallest absolute Gasteiger partial charge is 0.261 e. The number of aryl methyl sites for hydroxylation is 1. The molecule has 0 spiro atoms. The molecule has 0 atom stereocenters. The molecule has 1 aliphatic heterocycles. The van der Waals surface area contributed by atoms with Crippen LogP contribution in [0.15, 0.2) is 42.5 Å². The molecule has 0 bridgehead atoms. The molecule has 2 aromatic carbocycles. The summed E-state index contributed by atoms with van der Waals surface area (Å²) in [7, 11) is 3.05. The Morgan fingerprint density at radius 2 is 1.48 bits per heavy atom. The first-order chi connectivity index (χ1) is 14.0. The molecule has 1 aliphatic rings. The summed E-state index contributed by atoms with van der Waals surface area (Å²) in [5.74, 6) is 1.37. The van der Waals surface area contributed by atoms with Crippen molar-refractivity contribution in [1.29, 1.82) is 0 Å². The van der Waals surface area contributed by atoms with E-state index in [2.05, 4.69) is 0 Å². The highest BCUT2D eigenvalue weighted by molar-refractivity contribution is 6.00. The summed E-state index contributed by atoms with van der Waals surface area (Å²) < 4.78 is 16.3. The van der Waals surface area contributed by atoms with Crippen molar-refractivity contribution in [2.75, 3.05) is 47.0 Å². The van der Waals surface area contributed by atoms with Crippen LogP contribution in [-0.2, 0) is 4.79 Å². The molecular formula is C22H26N2O5. The average Bonchev–Trinajstić information content (AvgIpc) is 2.76. The number of carbonyl (C=O) groups is 2. The fourth-order valence-corrected chi connectivity index (χ4v) is 3.32. The quantitative estimate of drug-likeness (QED) is 0.747. The number of piperazine rings is 1. The van der Waals surface area contributed by atoms with Gasteiger partial charge >= 0.3 is 0 Å². The minimum absolute atomic E-state index is 0.0161. The van der Waals surface area contributed by atoms with Gasteiger partial charge in [-0.05, 0) is 36.8 Å². The molecule has 0 aliphatic carbocycles. The summed E-state index contributed by atoms with van der Waals surface area (Å²) in [5.41, 5.74) is 1.48. The van der Waals surface area contributed by atoms with E-state index in [9.17, 15) is 9.59 Å². The normalized spacial score (nSPS) is 13.8. The first-order valence-electron chi connectivity index (χ1n) is 9.51. The second-order valence-electron chi connectivity index (χ2n) is 6.82. The lowest BCUT2D eigenvalue weighted by atomic mass is 10.1. The molecule has 7 nitrogen and oxygen atoms in total. The van der Waals surface area contributed by atoms with Crippen LogP contribution < -0.4 is 14.2 Å². The van der Waals surface area contributed by atoms with Crippen molar-refractivity contribution < 1.29 is 23.8 Å². The van der Waals surface area contributed by atoms with E-state index in [-0.39, 0.29) is 18.4 Å². The van der Waals surface area contributed by atoms with Crippen molar-refractivity contribution in [2.24, 2.45) is 0 Å². The number of hydrogen-bond donors (Lipinski definition) is 0. The van der Waals surface area contributed by atoms with Crippen LogP contribution in [0.25, 0.3) is 0 Å². The van der Waals surface area contributed by atoms with Crippen LogP contribution in [0.3, 0.4) is 0 Å². The van der Waals surface area contributed by atoms with Crippen LogP contribution in [-0.4, -0.2) is 68.6 Å². The second-order valence-corrected chi connectivity index (χ2v) is 6.82. The molecule has 2 aromatic rings. The van der Waals surface area contributed by atoms with Gasteiger partial charge in [-0.1, -0.05) is 18.2 Å². The van der Waals surface area contributed by atoms with Crippen molar-refractivity contribution in [3.05, 3.63) is 53.6 Å². The molecule has 0 saturated carbocycles. The number of ether oxygens (including phenoxy) is 3. The summed E-state index contributed by atoms with van der Waals surface area (Å²) in [6.07, 6.45) is 0. The number of nitrogens with zero attached hydrogens (tertiary/aromatic N) is 2. The number of amides is 2. The van der Waals surface area contributed by atoms with Gasteiger partial charge in [0.15, 0.2) is 6.61 Å². The van der Waals surface area contributed by atoms with Gasteiger partial charge in [0.25, 0.3) is 11.8 Å². The Morgan fingerprint density at radius 3 is 2.07 bits per heavy atom. The van der Waals surface area contributed by atoms with Crippen molar-refractivity contribution in [1.82, 2.24) is 9.80 Å². The van der Waals surface area contributed by atoms with Gasteiger partial charge in [0.05, 0.1) is 14.2 Å². The summed E-state index contributed by atoms with van der Waals surface area (Å²) in [6.45, 7) is 3.75. The molecule has 29 heavy (non-hydrogen) atoms. The lowest BCUT2D eigenvalue weighted by Crippen LogP contribution is -2.51. The molecule has 7 heteroatoms. The van der Waals surface area contributed by atoms with Gasteiger partial charge in [-0.15, -0.1) is 0 Å². The van der Waals surface area contributed by atoms with Gasteiger partial charge in [-0.25, -0.2) is 0 Å². The summed E-state index contributed by atoms with van der Waals surface area (Å²) in [5, 5.41) is 0. The van der Waals surface area contributed by atoms with Gasteiger partial charge in [0.1, 0.15) is 22.8 Å². The van der Waals surface area contributed by atoms with E-state index in [1.807, 2.05) is 31.2 Å². The van der Waals surface area contributed by atoms with Crippen molar-refractivity contribution in [3.8, 4) is 17.2 Å². The third-order valence-corrected chi connectivity index (χ3v) is 4.91. The van der Waals surface area contributed by atoms with Gasteiger partial charge in [-0.2, -0.15) is 0 Å². The van der Waals surface area contributed by atoms with Gasteiger partial charge in [0, 0.05) is 26.2 Å². The topological polar surface area (TPSA) is 68.3 Å². The van der Waals surface area contributed by atoms with Crippen LogP contribution in [0.4, 0.5) is 0 Å². The zero-order valence-corrected chi connectivity index (χ0v) is 17.0. The standard InChI is InChI=1S/C22H26N2O5/c1-16-6-4-7-17(14-16)29-15-20(25)23-10-12-24(13-11-23)22(26)21-18(27-2)8-5-9-19(21)28-3/h4-9,14H,10-13,15H2,1-3H3. The van der Waals surface area contributed by atoms with Crippen molar-refractivity contribution >= 4 is 11.8 Å². The number of methoxy groups -OCH3 is 2. The van der Waals surface area contributed by atoms with E-state index in [0.29, 0.717) is 49.0 Å². The number of benzene rings is 2. The maximum absolute atomic E-state index is 13.0. The van der Waals surface area contributed by atoms with E-state index in [4.69, 9.17) is 14.2 Å².